The van der Waals surface area contributed by atoms with E-state index in [1.165, 1.54) is 18.2 Å². The first-order valence-electron chi connectivity index (χ1n) is 13.9. The van der Waals surface area contributed by atoms with Gasteiger partial charge in [0.05, 0.1) is 18.8 Å². The average Bonchev–Trinajstić information content (AvgIpc) is 3.36. The van der Waals surface area contributed by atoms with Crippen molar-refractivity contribution in [1.82, 2.24) is 14.8 Å². The third kappa shape index (κ3) is 6.25. The second kappa shape index (κ2) is 13.0. The Hall–Kier alpha value is -3.17. The molecule has 2 aromatic carbocycles. The minimum Gasteiger partial charge on any atom is -0.490 e. The summed E-state index contributed by atoms with van der Waals surface area (Å²) in [6.45, 7) is 6.76. The first kappa shape index (κ1) is 28.4. The summed E-state index contributed by atoms with van der Waals surface area (Å²) in [6.07, 6.45) is 5.06. The smallest absolute Gasteiger partial charge is 0.338 e. The first-order chi connectivity index (χ1) is 19.5. The monoisotopic (exact) mass is 582 g/mol. The fourth-order valence-electron chi connectivity index (χ4n) is 5.16. The van der Waals surface area contributed by atoms with E-state index in [4.69, 9.17) is 35.9 Å². The standard InChI is InChI=1S/C30H35ClN4O4S/c1-4-37-24-16-15-20(17-25(24)38-5-2)27-26(28(36)39-22-12-7-6-8-13-22)19(3)32-29-33-30(34-35(27)29)40-18-21-11-9-10-14-23(21)31/h9-11,14-17,22,27H,4-8,12-13,18H2,1-3H3,(H,32,33,34). The number of hydrogen-bond acceptors (Lipinski definition) is 8. The predicted octanol–water partition coefficient (Wildman–Crippen LogP) is 7.19. The molecule has 0 saturated heterocycles. The number of nitrogens with zero attached hydrogens (tertiary/aromatic N) is 3. The summed E-state index contributed by atoms with van der Waals surface area (Å²) in [5, 5.41) is 9.44. The Morgan fingerprint density at radius 2 is 1.82 bits per heavy atom. The van der Waals surface area contributed by atoms with E-state index < -0.39 is 6.04 Å². The Balaban J connectivity index is 1.51. The fraction of sp³-hybridized carbons (Fsp3) is 0.433. The summed E-state index contributed by atoms with van der Waals surface area (Å²) < 4.78 is 19.5. The molecule has 2 aliphatic rings. The zero-order valence-corrected chi connectivity index (χ0v) is 24.7. The summed E-state index contributed by atoms with van der Waals surface area (Å²) in [6, 6.07) is 12.9. The van der Waals surface area contributed by atoms with Crippen LogP contribution in [0.1, 0.15) is 70.0 Å². The van der Waals surface area contributed by atoms with Crippen LogP contribution in [0.15, 0.2) is 58.9 Å². The van der Waals surface area contributed by atoms with Crippen molar-refractivity contribution in [2.75, 3.05) is 18.5 Å². The normalized spacial score (nSPS) is 17.2. The fourth-order valence-corrected chi connectivity index (χ4v) is 6.27. The molecule has 1 aliphatic carbocycles. The van der Waals surface area contributed by atoms with Gasteiger partial charge in [0, 0.05) is 16.5 Å². The van der Waals surface area contributed by atoms with Crippen LogP contribution in [0.2, 0.25) is 5.02 Å². The van der Waals surface area contributed by atoms with Crippen molar-refractivity contribution in [2.24, 2.45) is 0 Å². The Morgan fingerprint density at radius 1 is 1.07 bits per heavy atom. The molecular formula is C30H35ClN4O4S. The quantitative estimate of drug-likeness (QED) is 0.198. The Bertz CT molecular complexity index is 1390. The summed E-state index contributed by atoms with van der Waals surface area (Å²) in [5.41, 5.74) is 3.04. The lowest BCUT2D eigenvalue weighted by molar-refractivity contribution is -0.146. The van der Waals surface area contributed by atoms with Crippen molar-refractivity contribution in [3.63, 3.8) is 0 Å². The van der Waals surface area contributed by atoms with Gasteiger partial charge in [0.2, 0.25) is 11.1 Å². The van der Waals surface area contributed by atoms with Gasteiger partial charge in [0.25, 0.3) is 0 Å². The van der Waals surface area contributed by atoms with Gasteiger partial charge in [-0.05, 0) is 75.8 Å². The van der Waals surface area contributed by atoms with Gasteiger partial charge in [-0.15, -0.1) is 5.10 Å². The number of aromatic nitrogens is 3. The largest absolute Gasteiger partial charge is 0.490 e. The molecule has 8 nitrogen and oxygen atoms in total. The number of nitrogens with one attached hydrogen (secondary N) is 1. The number of ether oxygens (including phenoxy) is 3. The molecule has 1 fully saturated rings. The van der Waals surface area contributed by atoms with Crippen LogP contribution in [-0.2, 0) is 15.3 Å². The molecule has 1 N–H and O–H groups in total. The van der Waals surface area contributed by atoms with Gasteiger partial charge in [0.15, 0.2) is 11.5 Å². The highest BCUT2D eigenvalue weighted by Crippen LogP contribution is 2.40. The molecule has 3 aromatic rings. The van der Waals surface area contributed by atoms with Crippen LogP contribution in [-0.4, -0.2) is 40.1 Å². The van der Waals surface area contributed by atoms with Crippen molar-refractivity contribution in [1.29, 1.82) is 0 Å². The van der Waals surface area contributed by atoms with Crippen LogP contribution in [0.25, 0.3) is 0 Å². The number of esters is 1. The van der Waals surface area contributed by atoms with E-state index in [1.54, 1.807) is 4.68 Å². The Kier molecular flexibility index (Phi) is 9.22. The molecule has 2 heterocycles. The minimum absolute atomic E-state index is 0.0691. The molecule has 10 heteroatoms. The van der Waals surface area contributed by atoms with E-state index in [1.807, 2.05) is 63.2 Å². The number of anilines is 1. The second-order valence-corrected chi connectivity index (χ2v) is 11.2. The van der Waals surface area contributed by atoms with Crippen molar-refractivity contribution in [3.05, 3.63) is 69.9 Å². The van der Waals surface area contributed by atoms with Crippen LogP contribution in [0.4, 0.5) is 5.95 Å². The van der Waals surface area contributed by atoms with Crippen LogP contribution in [0.3, 0.4) is 0 Å². The number of benzene rings is 2. The van der Waals surface area contributed by atoms with E-state index in [-0.39, 0.29) is 12.1 Å². The van der Waals surface area contributed by atoms with E-state index in [0.717, 1.165) is 36.8 Å². The van der Waals surface area contributed by atoms with E-state index in [9.17, 15) is 4.79 Å². The second-order valence-electron chi connectivity index (χ2n) is 9.85. The number of allylic oxidation sites excluding steroid dienone is 1. The molecular weight excluding hydrogens is 548 g/mol. The summed E-state index contributed by atoms with van der Waals surface area (Å²) in [5.74, 6) is 2.12. The molecule has 212 valence electrons. The highest BCUT2D eigenvalue weighted by atomic mass is 35.5. The van der Waals surface area contributed by atoms with E-state index in [0.29, 0.717) is 57.9 Å². The van der Waals surface area contributed by atoms with Crippen molar-refractivity contribution in [2.45, 2.75) is 75.9 Å². The highest BCUT2D eigenvalue weighted by molar-refractivity contribution is 7.98. The summed E-state index contributed by atoms with van der Waals surface area (Å²) in [7, 11) is 0. The third-order valence-corrected chi connectivity index (χ3v) is 8.33. The van der Waals surface area contributed by atoms with E-state index in [2.05, 4.69) is 5.32 Å². The van der Waals surface area contributed by atoms with Gasteiger partial charge in [0.1, 0.15) is 12.1 Å². The van der Waals surface area contributed by atoms with Gasteiger partial charge in [-0.1, -0.05) is 54.0 Å². The van der Waals surface area contributed by atoms with E-state index >= 15 is 0 Å². The molecule has 0 radical (unpaired) electrons. The van der Waals surface area contributed by atoms with Gasteiger partial charge in [-0.3, -0.25) is 0 Å². The Morgan fingerprint density at radius 3 is 2.58 bits per heavy atom. The topological polar surface area (TPSA) is 87.5 Å². The molecule has 1 unspecified atom stereocenters. The average molecular weight is 583 g/mol. The van der Waals surface area contributed by atoms with Crippen LogP contribution in [0.5, 0.6) is 11.5 Å². The number of rotatable bonds is 10. The minimum atomic E-state index is -0.551. The molecule has 40 heavy (non-hydrogen) atoms. The lowest BCUT2D eigenvalue weighted by Gasteiger charge is -2.30. The number of fused-ring (bicyclic) bond motifs is 1. The van der Waals surface area contributed by atoms with Crippen molar-refractivity contribution in [3.8, 4) is 11.5 Å². The molecule has 0 spiro atoms. The number of halogens is 1. The van der Waals surface area contributed by atoms with Crippen molar-refractivity contribution < 1.29 is 19.0 Å². The van der Waals surface area contributed by atoms with Gasteiger partial charge < -0.3 is 19.5 Å². The molecule has 1 saturated carbocycles. The maximum Gasteiger partial charge on any atom is 0.338 e. The maximum atomic E-state index is 13.7. The van der Waals surface area contributed by atoms with Gasteiger partial charge in [-0.2, -0.15) is 4.98 Å². The van der Waals surface area contributed by atoms with Gasteiger partial charge >= 0.3 is 5.97 Å². The maximum absolute atomic E-state index is 13.7. The number of thioether (sulfide) groups is 1. The molecule has 1 aromatic heterocycles. The third-order valence-electron chi connectivity index (χ3n) is 7.08. The predicted molar refractivity (Wildman–Crippen MR) is 157 cm³/mol. The van der Waals surface area contributed by atoms with Gasteiger partial charge in [-0.25, -0.2) is 9.48 Å². The van der Waals surface area contributed by atoms with Crippen LogP contribution < -0.4 is 14.8 Å². The molecule has 1 aliphatic heterocycles. The SMILES string of the molecule is CCOc1ccc(C2C(C(=O)OC3CCCCC3)=C(C)Nc3nc(SCc4ccccc4Cl)nn32)cc1OCC. The summed E-state index contributed by atoms with van der Waals surface area (Å²) >= 11 is 7.86. The molecule has 0 amide bonds. The molecule has 1 atom stereocenters. The van der Waals surface area contributed by atoms with Crippen LogP contribution >= 0.6 is 23.4 Å². The zero-order valence-electron chi connectivity index (χ0n) is 23.1. The molecule has 0 bridgehead atoms. The lowest BCUT2D eigenvalue weighted by Crippen LogP contribution is -2.32. The highest BCUT2D eigenvalue weighted by Gasteiger charge is 2.37. The molecule has 5 rings (SSSR count). The number of carbonyl (C=O) groups is 1. The lowest BCUT2D eigenvalue weighted by atomic mass is 9.94. The van der Waals surface area contributed by atoms with Crippen LogP contribution in [0, 0.1) is 0 Å². The summed E-state index contributed by atoms with van der Waals surface area (Å²) in [4.78, 5) is 18.5. The first-order valence-corrected chi connectivity index (χ1v) is 15.3. The number of carbonyl (C=O) groups excluding carboxylic acids is 1. The Labute approximate surface area is 244 Å². The van der Waals surface area contributed by atoms with Crippen molar-refractivity contribution >= 4 is 35.3 Å². The number of hydrogen-bond donors (Lipinski definition) is 1. The zero-order chi connectivity index (χ0) is 28.1.